The molecule has 2 aromatic rings. The highest BCUT2D eigenvalue weighted by atomic mass is 32.1. The van der Waals surface area contributed by atoms with Crippen LogP contribution in [0.15, 0.2) is 35.7 Å². The molecule has 0 unspecified atom stereocenters. The topological polar surface area (TPSA) is 53.4 Å². The highest BCUT2D eigenvalue weighted by Crippen LogP contribution is 2.49. The van der Waals surface area contributed by atoms with Crippen molar-refractivity contribution in [2.24, 2.45) is 11.3 Å². The molecule has 1 aromatic carbocycles. The standard InChI is InChI=1S/C19H22N2O2S/c22-18(23)19-8-4-7-15(19)10-21(13-19)11-16-12-24-17(20-16)9-14-5-2-1-3-6-14/h1-3,5-6,12,15H,4,7-11,13H2,(H,22,23)/t15-,19+/m0/s1. The summed E-state index contributed by atoms with van der Waals surface area (Å²) in [7, 11) is 0. The van der Waals surface area contributed by atoms with Gasteiger partial charge < -0.3 is 5.11 Å². The van der Waals surface area contributed by atoms with E-state index < -0.39 is 11.4 Å². The zero-order chi connectivity index (χ0) is 16.6. The minimum Gasteiger partial charge on any atom is -0.481 e. The van der Waals surface area contributed by atoms with Crippen molar-refractivity contribution < 1.29 is 9.90 Å². The molecular weight excluding hydrogens is 320 g/mol. The van der Waals surface area contributed by atoms with E-state index in [9.17, 15) is 9.90 Å². The summed E-state index contributed by atoms with van der Waals surface area (Å²) in [6.07, 6.45) is 3.81. The first-order valence-electron chi connectivity index (χ1n) is 8.59. The van der Waals surface area contributed by atoms with Gasteiger partial charge in [0.25, 0.3) is 0 Å². The summed E-state index contributed by atoms with van der Waals surface area (Å²) >= 11 is 1.70. The van der Waals surface area contributed by atoms with Crippen LogP contribution < -0.4 is 0 Å². The van der Waals surface area contributed by atoms with E-state index in [4.69, 9.17) is 4.98 Å². The number of rotatable bonds is 5. The first-order valence-corrected chi connectivity index (χ1v) is 9.47. The van der Waals surface area contributed by atoms with E-state index in [0.29, 0.717) is 12.5 Å². The molecule has 0 radical (unpaired) electrons. The van der Waals surface area contributed by atoms with E-state index in [-0.39, 0.29) is 0 Å². The van der Waals surface area contributed by atoms with E-state index >= 15 is 0 Å². The summed E-state index contributed by atoms with van der Waals surface area (Å²) in [5, 5.41) is 12.9. The molecule has 0 spiro atoms. The number of likely N-dealkylation sites (tertiary alicyclic amines) is 1. The SMILES string of the molecule is O=C(O)[C@@]12CCC[C@H]1CN(Cc1csc(Cc3ccccc3)n1)C2. The van der Waals surface area contributed by atoms with Gasteiger partial charge in [0.1, 0.15) is 0 Å². The fourth-order valence-corrected chi connectivity index (χ4v) is 5.18. The molecule has 2 heterocycles. The van der Waals surface area contributed by atoms with Gasteiger partial charge in [-0.05, 0) is 24.3 Å². The van der Waals surface area contributed by atoms with Crippen LogP contribution in [0, 0.1) is 11.3 Å². The van der Waals surface area contributed by atoms with Crippen molar-refractivity contribution in [2.75, 3.05) is 13.1 Å². The molecule has 4 nitrogen and oxygen atoms in total. The Balaban J connectivity index is 1.41. The molecule has 2 fully saturated rings. The third-order valence-electron chi connectivity index (χ3n) is 5.55. The minimum absolute atomic E-state index is 0.317. The van der Waals surface area contributed by atoms with Gasteiger partial charge in [0, 0.05) is 31.4 Å². The Morgan fingerprint density at radius 3 is 2.96 bits per heavy atom. The average molecular weight is 342 g/mol. The normalized spacial score (nSPS) is 26.6. The van der Waals surface area contributed by atoms with Gasteiger partial charge in [0.2, 0.25) is 0 Å². The molecule has 0 bridgehead atoms. The summed E-state index contributed by atoms with van der Waals surface area (Å²) in [5.74, 6) is -0.284. The first kappa shape index (κ1) is 15.8. The molecule has 24 heavy (non-hydrogen) atoms. The summed E-state index contributed by atoms with van der Waals surface area (Å²) in [5.41, 5.74) is 1.86. The molecule has 0 amide bonds. The van der Waals surface area contributed by atoms with Crippen LogP contribution in [-0.4, -0.2) is 34.0 Å². The first-order chi connectivity index (χ1) is 11.7. The number of aliphatic carboxylic acids is 1. The monoisotopic (exact) mass is 342 g/mol. The fourth-order valence-electron chi connectivity index (χ4n) is 4.37. The molecule has 1 saturated carbocycles. The Kier molecular flexibility index (Phi) is 4.14. The van der Waals surface area contributed by atoms with E-state index in [0.717, 1.165) is 49.5 Å². The second kappa shape index (κ2) is 6.30. The van der Waals surface area contributed by atoms with Crippen LogP contribution in [0.3, 0.4) is 0 Å². The maximum Gasteiger partial charge on any atom is 0.311 e. The van der Waals surface area contributed by atoms with Crippen LogP contribution in [0.5, 0.6) is 0 Å². The summed E-state index contributed by atoms with van der Waals surface area (Å²) in [6.45, 7) is 2.35. The number of fused-ring (bicyclic) bond motifs is 1. The Labute approximate surface area is 146 Å². The van der Waals surface area contributed by atoms with Gasteiger partial charge in [-0.2, -0.15) is 0 Å². The van der Waals surface area contributed by atoms with Gasteiger partial charge in [-0.3, -0.25) is 9.69 Å². The van der Waals surface area contributed by atoms with Crippen molar-refractivity contribution in [3.63, 3.8) is 0 Å². The second-order valence-corrected chi connectivity index (χ2v) is 8.06. The molecule has 5 heteroatoms. The van der Waals surface area contributed by atoms with Crippen molar-refractivity contribution in [3.05, 3.63) is 52.0 Å². The van der Waals surface area contributed by atoms with Crippen LogP contribution in [-0.2, 0) is 17.8 Å². The lowest BCUT2D eigenvalue weighted by Gasteiger charge is -2.23. The van der Waals surface area contributed by atoms with Crippen LogP contribution in [0.4, 0.5) is 0 Å². The van der Waals surface area contributed by atoms with Crippen LogP contribution >= 0.6 is 11.3 Å². The molecule has 1 aromatic heterocycles. The zero-order valence-corrected chi connectivity index (χ0v) is 14.5. The predicted molar refractivity (Wildman–Crippen MR) is 94.0 cm³/mol. The maximum absolute atomic E-state index is 11.8. The quantitative estimate of drug-likeness (QED) is 0.904. The highest BCUT2D eigenvalue weighted by Gasteiger charge is 2.54. The van der Waals surface area contributed by atoms with Crippen molar-refractivity contribution in [1.29, 1.82) is 0 Å². The number of carboxylic acid groups (broad SMARTS) is 1. The fraction of sp³-hybridized carbons (Fsp3) is 0.474. The number of hydrogen-bond acceptors (Lipinski definition) is 4. The highest BCUT2D eigenvalue weighted by molar-refractivity contribution is 7.09. The molecule has 2 aliphatic rings. The van der Waals surface area contributed by atoms with Crippen molar-refractivity contribution >= 4 is 17.3 Å². The molecule has 1 N–H and O–H groups in total. The lowest BCUT2D eigenvalue weighted by atomic mass is 9.81. The predicted octanol–water partition coefficient (Wildman–Crippen LogP) is 3.42. The van der Waals surface area contributed by atoms with Crippen LogP contribution in [0.25, 0.3) is 0 Å². The van der Waals surface area contributed by atoms with Crippen LogP contribution in [0.1, 0.15) is 35.5 Å². The average Bonchev–Trinajstić information content (AvgIpc) is 3.23. The van der Waals surface area contributed by atoms with Gasteiger partial charge in [0.15, 0.2) is 0 Å². The molecule has 2 atom stereocenters. The van der Waals surface area contributed by atoms with Gasteiger partial charge in [-0.25, -0.2) is 4.98 Å². The largest absolute Gasteiger partial charge is 0.481 e. The van der Waals surface area contributed by atoms with Crippen molar-refractivity contribution in [2.45, 2.75) is 32.2 Å². The smallest absolute Gasteiger partial charge is 0.311 e. The van der Waals surface area contributed by atoms with Crippen molar-refractivity contribution in [3.8, 4) is 0 Å². The zero-order valence-electron chi connectivity index (χ0n) is 13.6. The Bertz CT molecular complexity index is 730. The van der Waals surface area contributed by atoms with E-state index in [1.807, 2.05) is 6.07 Å². The van der Waals surface area contributed by atoms with Gasteiger partial charge >= 0.3 is 5.97 Å². The summed E-state index contributed by atoms with van der Waals surface area (Å²) in [6, 6.07) is 10.4. The number of aromatic nitrogens is 1. The summed E-state index contributed by atoms with van der Waals surface area (Å²) < 4.78 is 0. The lowest BCUT2D eigenvalue weighted by Crippen LogP contribution is -2.35. The van der Waals surface area contributed by atoms with Crippen molar-refractivity contribution in [1.82, 2.24) is 9.88 Å². The Morgan fingerprint density at radius 2 is 2.21 bits per heavy atom. The summed E-state index contributed by atoms with van der Waals surface area (Å²) in [4.78, 5) is 18.8. The van der Waals surface area contributed by atoms with Gasteiger partial charge in [-0.1, -0.05) is 36.8 Å². The number of carboxylic acids is 1. The lowest BCUT2D eigenvalue weighted by molar-refractivity contribution is -0.149. The number of thiazole rings is 1. The molecule has 4 rings (SSSR count). The molecular formula is C19H22N2O2S. The van der Waals surface area contributed by atoms with E-state index in [1.165, 1.54) is 5.56 Å². The van der Waals surface area contributed by atoms with E-state index in [1.54, 1.807) is 11.3 Å². The van der Waals surface area contributed by atoms with Gasteiger partial charge in [0.05, 0.1) is 16.1 Å². The van der Waals surface area contributed by atoms with Gasteiger partial charge in [-0.15, -0.1) is 11.3 Å². The third-order valence-corrected chi connectivity index (χ3v) is 6.45. The third kappa shape index (κ3) is 2.87. The molecule has 1 aliphatic heterocycles. The minimum atomic E-state index is -0.601. The number of benzene rings is 1. The number of carbonyl (C=O) groups is 1. The number of nitrogens with zero attached hydrogens (tertiary/aromatic N) is 2. The van der Waals surface area contributed by atoms with E-state index in [2.05, 4.69) is 34.5 Å². The Morgan fingerprint density at radius 1 is 1.38 bits per heavy atom. The maximum atomic E-state index is 11.8. The second-order valence-electron chi connectivity index (χ2n) is 7.12. The van der Waals surface area contributed by atoms with Crippen LogP contribution in [0.2, 0.25) is 0 Å². The molecule has 1 aliphatic carbocycles. The molecule has 1 saturated heterocycles. The number of hydrogen-bond donors (Lipinski definition) is 1. The Hall–Kier alpha value is -1.72. The molecule has 126 valence electrons.